The number of benzene rings is 3. The molecule has 3 aromatic carbocycles. The van der Waals surface area contributed by atoms with Crippen LogP contribution in [0.5, 0.6) is 0 Å². The van der Waals surface area contributed by atoms with E-state index >= 15 is 0 Å². The lowest BCUT2D eigenvalue weighted by molar-refractivity contribution is -0.117. The summed E-state index contributed by atoms with van der Waals surface area (Å²) in [5.74, 6) is -0.624. The summed E-state index contributed by atoms with van der Waals surface area (Å²) in [4.78, 5) is 26.6. The van der Waals surface area contributed by atoms with Crippen molar-refractivity contribution in [2.24, 2.45) is 0 Å². The van der Waals surface area contributed by atoms with Crippen molar-refractivity contribution in [1.82, 2.24) is 5.32 Å². The number of hydrogen-bond donors (Lipinski definition) is 1. The Hall–Kier alpha value is -3.21. The minimum atomic E-state index is -0.346. The second-order valence-electron chi connectivity index (χ2n) is 6.38. The van der Waals surface area contributed by atoms with E-state index in [0.29, 0.717) is 17.8 Å². The Morgan fingerprint density at radius 2 is 1.73 bits per heavy atom. The summed E-state index contributed by atoms with van der Waals surface area (Å²) in [5.41, 5.74) is 1.23. The Morgan fingerprint density at radius 1 is 1.00 bits per heavy atom. The van der Waals surface area contributed by atoms with E-state index in [1.54, 1.807) is 23.1 Å². The first kappa shape index (κ1) is 16.3. The van der Waals surface area contributed by atoms with Gasteiger partial charge >= 0.3 is 0 Å². The highest BCUT2D eigenvalue weighted by atomic mass is 19.1. The molecule has 0 spiro atoms. The molecule has 1 aliphatic rings. The zero-order chi connectivity index (χ0) is 18.1. The quantitative estimate of drug-likeness (QED) is 0.787. The molecule has 1 N–H and O–H groups in total. The molecule has 130 valence electrons. The molecule has 3 aromatic rings. The summed E-state index contributed by atoms with van der Waals surface area (Å²) in [6.07, 6.45) is 0.230. The fourth-order valence-electron chi connectivity index (χ4n) is 3.36. The molecular formula is C21H17FN2O2. The van der Waals surface area contributed by atoms with Crippen LogP contribution in [0.4, 0.5) is 10.1 Å². The van der Waals surface area contributed by atoms with Crippen LogP contribution < -0.4 is 10.2 Å². The first-order valence-corrected chi connectivity index (χ1v) is 8.46. The molecule has 0 saturated carbocycles. The number of rotatable bonds is 3. The zero-order valence-electron chi connectivity index (χ0n) is 14.0. The van der Waals surface area contributed by atoms with Gasteiger partial charge in [-0.3, -0.25) is 9.59 Å². The van der Waals surface area contributed by atoms with E-state index in [1.807, 2.05) is 36.4 Å². The number of fused-ring (bicyclic) bond motifs is 1. The van der Waals surface area contributed by atoms with Crippen molar-refractivity contribution in [3.05, 3.63) is 78.1 Å². The van der Waals surface area contributed by atoms with Crippen LogP contribution >= 0.6 is 0 Å². The maximum absolute atomic E-state index is 13.1. The zero-order valence-corrected chi connectivity index (χ0v) is 14.0. The normalized spacial score (nSPS) is 16.9. The van der Waals surface area contributed by atoms with E-state index in [9.17, 15) is 14.0 Å². The van der Waals surface area contributed by atoms with Crippen LogP contribution in [-0.2, 0) is 4.79 Å². The predicted molar refractivity (Wildman–Crippen MR) is 98.6 cm³/mol. The molecule has 4 nitrogen and oxygen atoms in total. The van der Waals surface area contributed by atoms with Crippen LogP contribution in [0, 0.1) is 5.82 Å². The number of carbonyl (C=O) groups excluding carboxylic acids is 2. The molecule has 0 bridgehead atoms. The third-order valence-corrected chi connectivity index (χ3v) is 4.63. The number of amides is 2. The monoisotopic (exact) mass is 348 g/mol. The molecule has 5 heteroatoms. The van der Waals surface area contributed by atoms with E-state index in [4.69, 9.17) is 0 Å². The maximum atomic E-state index is 13.1. The van der Waals surface area contributed by atoms with Gasteiger partial charge in [-0.05, 0) is 41.1 Å². The van der Waals surface area contributed by atoms with Gasteiger partial charge in [0.2, 0.25) is 5.91 Å². The van der Waals surface area contributed by atoms with Crippen molar-refractivity contribution in [2.45, 2.75) is 12.5 Å². The molecule has 26 heavy (non-hydrogen) atoms. The average Bonchev–Trinajstić information content (AvgIpc) is 3.02. The van der Waals surface area contributed by atoms with E-state index in [1.165, 1.54) is 12.1 Å². The van der Waals surface area contributed by atoms with E-state index in [2.05, 4.69) is 5.32 Å². The van der Waals surface area contributed by atoms with Crippen LogP contribution in [0.2, 0.25) is 0 Å². The van der Waals surface area contributed by atoms with Gasteiger partial charge in [-0.1, -0.05) is 36.4 Å². The summed E-state index contributed by atoms with van der Waals surface area (Å²) in [6.45, 7) is 0.376. The maximum Gasteiger partial charge on any atom is 0.252 e. The molecule has 1 aliphatic heterocycles. The van der Waals surface area contributed by atoms with Gasteiger partial charge < -0.3 is 10.2 Å². The van der Waals surface area contributed by atoms with Gasteiger partial charge in [0.15, 0.2) is 0 Å². The second-order valence-corrected chi connectivity index (χ2v) is 6.38. The third kappa shape index (κ3) is 3.04. The fourth-order valence-corrected chi connectivity index (χ4v) is 3.36. The topological polar surface area (TPSA) is 49.4 Å². The molecule has 1 atom stereocenters. The lowest BCUT2D eigenvalue weighted by atomic mass is 10.0. The van der Waals surface area contributed by atoms with Crippen LogP contribution in [0.1, 0.15) is 16.8 Å². The van der Waals surface area contributed by atoms with Gasteiger partial charge in [-0.2, -0.15) is 0 Å². The largest absolute Gasteiger partial charge is 0.347 e. The highest BCUT2D eigenvalue weighted by Gasteiger charge is 2.31. The minimum absolute atomic E-state index is 0.0835. The first-order valence-electron chi connectivity index (χ1n) is 8.46. The Labute approximate surface area is 150 Å². The number of hydrogen-bond acceptors (Lipinski definition) is 2. The minimum Gasteiger partial charge on any atom is -0.347 e. The molecule has 0 aliphatic carbocycles. The van der Waals surface area contributed by atoms with Crippen LogP contribution in [0.25, 0.3) is 10.8 Å². The summed E-state index contributed by atoms with van der Waals surface area (Å²) >= 11 is 0. The van der Waals surface area contributed by atoms with E-state index < -0.39 is 0 Å². The molecular weight excluding hydrogens is 331 g/mol. The second kappa shape index (κ2) is 6.59. The average molecular weight is 348 g/mol. The van der Waals surface area contributed by atoms with E-state index in [0.717, 1.165) is 10.8 Å². The third-order valence-electron chi connectivity index (χ3n) is 4.63. The highest BCUT2D eigenvalue weighted by molar-refractivity contribution is 6.07. The number of halogens is 1. The summed E-state index contributed by atoms with van der Waals surface area (Å²) in [6, 6.07) is 18.8. The van der Waals surface area contributed by atoms with Crippen molar-refractivity contribution >= 4 is 28.3 Å². The Bertz CT molecular complexity index is 979. The van der Waals surface area contributed by atoms with Crippen LogP contribution in [0.15, 0.2) is 66.7 Å². The number of anilines is 1. The molecule has 1 saturated heterocycles. The van der Waals surface area contributed by atoms with Crippen molar-refractivity contribution in [1.29, 1.82) is 0 Å². The van der Waals surface area contributed by atoms with Crippen molar-refractivity contribution in [2.75, 3.05) is 11.4 Å². The lowest BCUT2D eigenvalue weighted by Gasteiger charge is -2.17. The van der Waals surface area contributed by atoms with Crippen molar-refractivity contribution in [3.8, 4) is 0 Å². The summed E-state index contributed by atoms with van der Waals surface area (Å²) in [7, 11) is 0. The molecule has 4 rings (SSSR count). The predicted octanol–water partition coefficient (Wildman–Crippen LogP) is 3.51. The van der Waals surface area contributed by atoms with Gasteiger partial charge in [0.25, 0.3) is 5.91 Å². The summed E-state index contributed by atoms with van der Waals surface area (Å²) in [5, 5.41) is 4.83. The van der Waals surface area contributed by atoms with Crippen LogP contribution in [-0.4, -0.2) is 24.4 Å². The van der Waals surface area contributed by atoms with Crippen molar-refractivity contribution in [3.63, 3.8) is 0 Å². The molecule has 2 amide bonds. The van der Waals surface area contributed by atoms with Crippen LogP contribution in [0.3, 0.4) is 0 Å². The van der Waals surface area contributed by atoms with E-state index in [-0.39, 0.29) is 30.1 Å². The molecule has 0 aromatic heterocycles. The smallest absolute Gasteiger partial charge is 0.252 e. The number of nitrogens with zero attached hydrogens (tertiary/aromatic N) is 1. The van der Waals surface area contributed by atoms with Gasteiger partial charge in [0, 0.05) is 24.2 Å². The van der Waals surface area contributed by atoms with Gasteiger partial charge in [0.1, 0.15) is 5.82 Å². The Kier molecular flexibility index (Phi) is 4.13. The number of carbonyl (C=O) groups is 2. The summed E-state index contributed by atoms with van der Waals surface area (Å²) < 4.78 is 13.1. The molecule has 1 fully saturated rings. The fraction of sp³-hybridized carbons (Fsp3) is 0.143. The molecule has 1 heterocycles. The first-order chi connectivity index (χ1) is 12.6. The Balaban J connectivity index is 1.52. The number of nitrogens with one attached hydrogen (secondary N) is 1. The van der Waals surface area contributed by atoms with Gasteiger partial charge in [-0.15, -0.1) is 0 Å². The molecule has 1 unspecified atom stereocenters. The molecule has 0 radical (unpaired) electrons. The standard InChI is InChI=1S/C21H17FN2O2/c22-15-8-10-17(11-9-15)24-13-16(12-20(24)25)23-21(26)19-7-3-5-14-4-1-2-6-18(14)19/h1-11,16H,12-13H2,(H,23,26). The lowest BCUT2D eigenvalue weighted by Crippen LogP contribution is -2.37. The Morgan fingerprint density at radius 3 is 2.54 bits per heavy atom. The highest BCUT2D eigenvalue weighted by Crippen LogP contribution is 2.23. The van der Waals surface area contributed by atoms with Gasteiger partial charge in [0.05, 0.1) is 6.04 Å². The SMILES string of the molecule is O=C(NC1CC(=O)N(c2ccc(F)cc2)C1)c1cccc2ccccc12. The van der Waals surface area contributed by atoms with Crippen molar-refractivity contribution < 1.29 is 14.0 Å². The van der Waals surface area contributed by atoms with Gasteiger partial charge in [-0.25, -0.2) is 4.39 Å².